The maximum atomic E-state index is 10.4. The molecule has 2 aromatic rings. The van der Waals surface area contributed by atoms with Crippen molar-refractivity contribution in [2.75, 3.05) is 0 Å². The SMILES string of the molecule is CCc1ccsc1C(O)c1c(Br)cnn1C. The van der Waals surface area contributed by atoms with Crippen molar-refractivity contribution in [1.29, 1.82) is 0 Å². The quantitative estimate of drug-likeness (QED) is 0.946. The van der Waals surface area contributed by atoms with E-state index in [1.807, 2.05) is 12.4 Å². The molecule has 0 saturated carbocycles. The number of aliphatic hydroxyl groups is 1. The first-order valence-corrected chi connectivity index (χ1v) is 6.74. The monoisotopic (exact) mass is 300 g/mol. The fraction of sp³-hybridized carbons (Fsp3) is 0.364. The van der Waals surface area contributed by atoms with Gasteiger partial charge in [-0.2, -0.15) is 5.10 Å². The van der Waals surface area contributed by atoms with E-state index in [4.69, 9.17) is 0 Å². The van der Waals surface area contributed by atoms with Gasteiger partial charge < -0.3 is 5.11 Å². The first-order chi connectivity index (χ1) is 7.65. The van der Waals surface area contributed by atoms with Gasteiger partial charge in [0.15, 0.2) is 0 Å². The van der Waals surface area contributed by atoms with Crippen LogP contribution in [0.3, 0.4) is 0 Å². The summed E-state index contributed by atoms with van der Waals surface area (Å²) in [6.07, 6.45) is 2.04. The molecule has 16 heavy (non-hydrogen) atoms. The molecule has 0 fully saturated rings. The Morgan fingerprint density at radius 1 is 1.62 bits per heavy atom. The van der Waals surface area contributed by atoms with E-state index < -0.39 is 6.10 Å². The lowest BCUT2D eigenvalue weighted by Gasteiger charge is -2.12. The molecule has 0 aliphatic carbocycles. The van der Waals surface area contributed by atoms with E-state index in [2.05, 4.69) is 34.0 Å². The van der Waals surface area contributed by atoms with Crippen LogP contribution in [0.15, 0.2) is 22.1 Å². The van der Waals surface area contributed by atoms with Crippen molar-refractivity contribution in [3.63, 3.8) is 0 Å². The van der Waals surface area contributed by atoms with E-state index in [1.165, 1.54) is 5.56 Å². The minimum absolute atomic E-state index is 0.600. The van der Waals surface area contributed by atoms with Crippen LogP contribution >= 0.6 is 27.3 Å². The minimum Gasteiger partial charge on any atom is -0.381 e. The van der Waals surface area contributed by atoms with Crippen molar-refractivity contribution in [3.05, 3.63) is 38.3 Å². The highest BCUT2D eigenvalue weighted by Gasteiger charge is 2.21. The van der Waals surface area contributed by atoms with E-state index in [0.717, 1.165) is 21.5 Å². The van der Waals surface area contributed by atoms with Gasteiger partial charge in [0.2, 0.25) is 0 Å². The molecule has 2 rings (SSSR count). The molecule has 0 amide bonds. The van der Waals surface area contributed by atoms with Gasteiger partial charge >= 0.3 is 0 Å². The summed E-state index contributed by atoms with van der Waals surface area (Å²) in [5, 5.41) is 16.5. The number of aromatic nitrogens is 2. The van der Waals surface area contributed by atoms with Crippen molar-refractivity contribution < 1.29 is 5.11 Å². The predicted octanol–water partition coefficient (Wildman–Crippen LogP) is 2.89. The van der Waals surface area contributed by atoms with Crippen LogP contribution < -0.4 is 0 Å². The highest BCUT2D eigenvalue weighted by Crippen LogP contribution is 2.33. The van der Waals surface area contributed by atoms with Crippen LogP contribution in [-0.2, 0) is 13.5 Å². The van der Waals surface area contributed by atoms with E-state index in [1.54, 1.807) is 22.2 Å². The van der Waals surface area contributed by atoms with Crippen LogP contribution in [0, 0.1) is 0 Å². The van der Waals surface area contributed by atoms with Crippen LogP contribution in [-0.4, -0.2) is 14.9 Å². The van der Waals surface area contributed by atoms with Gasteiger partial charge in [-0.1, -0.05) is 6.92 Å². The van der Waals surface area contributed by atoms with Crippen LogP contribution in [0.1, 0.15) is 29.2 Å². The van der Waals surface area contributed by atoms with E-state index in [-0.39, 0.29) is 0 Å². The Morgan fingerprint density at radius 3 is 2.94 bits per heavy atom. The molecule has 86 valence electrons. The molecule has 1 unspecified atom stereocenters. The first-order valence-electron chi connectivity index (χ1n) is 5.06. The molecule has 1 N–H and O–H groups in total. The number of nitrogens with zero attached hydrogens (tertiary/aromatic N) is 2. The van der Waals surface area contributed by atoms with E-state index in [9.17, 15) is 5.11 Å². The lowest BCUT2D eigenvalue weighted by atomic mass is 10.1. The van der Waals surface area contributed by atoms with Gasteiger partial charge in [-0.15, -0.1) is 11.3 Å². The number of hydrogen-bond acceptors (Lipinski definition) is 3. The average molecular weight is 301 g/mol. The molecule has 3 nitrogen and oxygen atoms in total. The van der Waals surface area contributed by atoms with Gasteiger partial charge in [0.1, 0.15) is 6.10 Å². The summed E-state index contributed by atoms with van der Waals surface area (Å²) in [5.41, 5.74) is 2.00. The molecule has 5 heteroatoms. The largest absolute Gasteiger partial charge is 0.381 e. The normalized spacial score (nSPS) is 13.0. The third-order valence-corrected chi connectivity index (χ3v) is 4.23. The number of aliphatic hydroxyl groups excluding tert-OH is 1. The highest BCUT2D eigenvalue weighted by molar-refractivity contribution is 9.10. The van der Waals surface area contributed by atoms with Gasteiger partial charge in [-0.3, -0.25) is 4.68 Å². The molecule has 2 aromatic heterocycles. The molecule has 0 bridgehead atoms. The maximum absolute atomic E-state index is 10.4. The third-order valence-electron chi connectivity index (χ3n) is 2.61. The second kappa shape index (κ2) is 4.69. The van der Waals surface area contributed by atoms with Crippen molar-refractivity contribution in [3.8, 4) is 0 Å². The molecule has 0 spiro atoms. The van der Waals surface area contributed by atoms with Crippen LogP contribution in [0.4, 0.5) is 0 Å². The Morgan fingerprint density at radius 2 is 2.38 bits per heavy atom. The Labute approximate surface area is 107 Å². The lowest BCUT2D eigenvalue weighted by molar-refractivity contribution is 0.212. The smallest absolute Gasteiger partial charge is 0.131 e. The topological polar surface area (TPSA) is 38.1 Å². The Balaban J connectivity index is 2.43. The molecule has 0 aromatic carbocycles. The van der Waals surface area contributed by atoms with Crippen molar-refractivity contribution >= 4 is 27.3 Å². The summed E-state index contributed by atoms with van der Waals surface area (Å²) in [4.78, 5) is 1.01. The maximum Gasteiger partial charge on any atom is 0.131 e. The lowest BCUT2D eigenvalue weighted by Crippen LogP contribution is -2.07. The zero-order valence-corrected chi connectivity index (χ0v) is 11.5. The summed E-state index contributed by atoms with van der Waals surface area (Å²) < 4.78 is 2.55. The zero-order chi connectivity index (χ0) is 11.7. The third kappa shape index (κ3) is 1.95. The fourth-order valence-corrected chi connectivity index (χ4v) is 3.28. The standard InChI is InChI=1S/C11H13BrN2OS/c1-3-7-4-5-16-11(7)10(15)9-8(12)6-13-14(9)2/h4-6,10,15H,3H2,1-2H3. The van der Waals surface area contributed by atoms with Gasteiger partial charge in [0, 0.05) is 11.9 Å². The first kappa shape index (κ1) is 11.8. The van der Waals surface area contributed by atoms with E-state index in [0.29, 0.717) is 0 Å². The van der Waals surface area contributed by atoms with Crippen LogP contribution in [0.2, 0.25) is 0 Å². The highest BCUT2D eigenvalue weighted by atomic mass is 79.9. The Bertz CT molecular complexity index is 472. The van der Waals surface area contributed by atoms with Crippen molar-refractivity contribution in [2.45, 2.75) is 19.4 Å². The average Bonchev–Trinajstić information content (AvgIpc) is 2.85. The number of aryl methyl sites for hydroxylation is 2. The minimum atomic E-state index is -0.600. The van der Waals surface area contributed by atoms with Gasteiger partial charge in [-0.05, 0) is 39.4 Å². The summed E-state index contributed by atoms with van der Waals surface area (Å²) in [5.74, 6) is 0. The summed E-state index contributed by atoms with van der Waals surface area (Å²) in [6.45, 7) is 2.09. The molecule has 0 aliphatic heterocycles. The second-order valence-corrected chi connectivity index (χ2v) is 5.37. The zero-order valence-electron chi connectivity index (χ0n) is 9.14. The molecule has 0 radical (unpaired) electrons. The van der Waals surface area contributed by atoms with Crippen LogP contribution in [0.5, 0.6) is 0 Å². The van der Waals surface area contributed by atoms with Crippen LogP contribution in [0.25, 0.3) is 0 Å². The molecule has 0 saturated heterocycles. The second-order valence-electron chi connectivity index (χ2n) is 3.57. The number of halogens is 1. The summed E-state index contributed by atoms with van der Waals surface area (Å²) >= 11 is 5.00. The van der Waals surface area contributed by atoms with Gasteiger partial charge in [0.05, 0.1) is 16.4 Å². The molecule has 1 atom stereocenters. The van der Waals surface area contributed by atoms with Gasteiger partial charge in [-0.25, -0.2) is 0 Å². The van der Waals surface area contributed by atoms with Crippen molar-refractivity contribution in [2.24, 2.45) is 7.05 Å². The number of rotatable bonds is 3. The molecular formula is C11H13BrN2OS. The summed E-state index contributed by atoms with van der Waals surface area (Å²) in [6, 6.07) is 2.06. The number of hydrogen-bond donors (Lipinski definition) is 1. The molecule has 0 aliphatic rings. The summed E-state index contributed by atoms with van der Waals surface area (Å²) in [7, 11) is 1.84. The Hall–Kier alpha value is -0.650. The molecular weight excluding hydrogens is 288 g/mol. The predicted molar refractivity (Wildman–Crippen MR) is 68.7 cm³/mol. The van der Waals surface area contributed by atoms with E-state index >= 15 is 0 Å². The van der Waals surface area contributed by atoms with Gasteiger partial charge in [0.25, 0.3) is 0 Å². The Kier molecular flexibility index (Phi) is 3.47. The molecule has 2 heterocycles. The number of thiophene rings is 1. The fourth-order valence-electron chi connectivity index (χ4n) is 1.73. The van der Waals surface area contributed by atoms with Crippen molar-refractivity contribution in [1.82, 2.24) is 9.78 Å².